The second kappa shape index (κ2) is 4.81. The number of nitrogens with zero attached hydrogens (tertiary/aromatic N) is 1. The van der Waals surface area contributed by atoms with Gasteiger partial charge in [0.15, 0.2) is 0 Å². The van der Waals surface area contributed by atoms with E-state index in [0.717, 1.165) is 19.5 Å². The summed E-state index contributed by atoms with van der Waals surface area (Å²) in [6.45, 7) is 1.99. The monoisotopic (exact) mass is 140 g/mol. The second-order valence-corrected chi connectivity index (χ2v) is 1.94. The smallest absolute Gasteiger partial charge is 0.0379 e. The van der Waals surface area contributed by atoms with Crippen molar-refractivity contribution in [1.82, 2.24) is 16.3 Å². The Hall–Kier alpha value is -1.03. The summed E-state index contributed by atoms with van der Waals surface area (Å²) in [6, 6.07) is 0. The van der Waals surface area contributed by atoms with Gasteiger partial charge in [0.25, 0.3) is 0 Å². The number of hydrogen-bond acceptors (Lipinski definition) is 4. The Morgan fingerprint density at radius 1 is 1.40 bits per heavy atom. The van der Waals surface area contributed by atoms with Gasteiger partial charge in [-0.1, -0.05) is 6.08 Å². The average molecular weight is 140 g/mol. The zero-order valence-corrected chi connectivity index (χ0v) is 5.80. The lowest BCUT2D eigenvalue weighted by Gasteiger charge is -1.83. The van der Waals surface area contributed by atoms with Crippen molar-refractivity contribution in [3.63, 3.8) is 0 Å². The molecule has 0 saturated carbocycles. The molecule has 4 nitrogen and oxygen atoms in total. The molecule has 0 unspecified atom stereocenters. The number of hydrogen-bond donors (Lipinski definition) is 3. The summed E-state index contributed by atoms with van der Waals surface area (Å²) in [5.74, 6) is 0. The highest BCUT2D eigenvalue weighted by Crippen LogP contribution is 1.75. The molecule has 0 aromatic carbocycles. The van der Waals surface area contributed by atoms with Crippen molar-refractivity contribution in [2.75, 3.05) is 13.1 Å². The van der Waals surface area contributed by atoms with Crippen LogP contribution in [0, 0.1) is 0 Å². The molecule has 2 rings (SSSR count). The van der Waals surface area contributed by atoms with Gasteiger partial charge in [-0.05, 0) is 0 Å². The minimum atomic E-state index is 0.958. The predicted octanol–water partition coefficient (Wildman–Crippen LogP) is -0.427. The molecule has 2 aliphatic heterocycles. The quantitative estimate of drug-likeness (QED) is 0.428. The van der Waals surface area contributed by atoms with Crippen LogP contribution in [0.2, 0.25) is 0 Å². The molecular formula is C6H12N4. The minimum Gasteiger partial charge on any atom is -0.329 e. The molecule has 0 atom stereocenters. The van der Waals surface area contributed by atoms with E-state index in [1.54, 1.807) is 0 Å². The maximum Gasteiger partial charge on any atom is 0.0379 e. The first-order valence-corrected chi connectivity index (χ1v) is 3.38. The minimum absolute atomic E-state index is 0.958. The van der Waals surface area contributed by atoms with Crippen molar-refractivity contribution in [1.29, 1.82) is 0 Å². The molecule has 0 amide bonds. The Kier molecular flexibility index (Phi) is 3.41. The topological polar surface area (TPSA) is 48.5 Å². The highest BCUT2D eigenvalue weighted by Gasteiger charge is 1.83. The van der Waals surface area contributed by atoms with Crippen molar-refractivity contribution in [3.05, 3.63) is 12.3 Å². The van der Waals surface area contributed by atoms with Gasteiger partial charge >= 0.3 is 0 Å². The van der Waals surface area contributed by atoms with E-state index in [-0.39, 0.29) is 0 Å². The van der Waals surface area contributed by atoms with Gasteiger partial charge in [0.2, 0.25) is 0 Å². The van der Waals surface area contributed by atoms with Gasteiger partial charge in [-0.15, -0.1) is 0 Å². The molecule has 0 bridgehead atoms. The Morgan fingerprint density at radius 2 is 2.40 bits per heavy atom. The zero-order valence-electron chi connectivity index (χ0n) is 5.80. The van der Waals surface area contributed by atoms with E-state index in [9.17, 15) is 0 Å². The molecule has 0 aliphatic carbocycles. The normalized spacial score (nSPS) is 19.2. The third-order valence-electron chi connectivity index (χ3n) is 1.09. The summed E-state index contributed by atoms with van der Waals surface area (Å²) in [5.41, 5.74) is 8.44. The van der Waals surface area contributed by atoms with E-state index in [0.29, 0.717) is 0 Å². The molecule has 0 aromatic rings. The van der Waals surface area contributed by atoms with Crippen molar-refractivity contribution < 1.29 is 0 Å². The first-order chi connectivity index (χ1) is 5.00. The molecule has 0 saturated heterocycles. The lowest BCUT2D eigenvalue weighted by Crippen LogP contribution is -2.19. The van der Waals surface area contributed by atoms with E-state index in [4.69, 9.17) is 0 Å². The van der Waals surface area contributed by atoms with Crippen molar-refractivity contribution >= 4 is 6.21 Å². The van der Waals surface area contributed by atoms with Crippen LogP contribution in [0.1, 0.15) is 6.42 Å². The van der Waals surface area contributed by atoms with E-state index in [1.807, 2.05) is 18.5 Å². The zero-order chi connectivity index (χ0) is 7.07. The average Bonchev–Trinajstić information content (AvgIpc) is 2.67. The number of hydrazine groups is 1. The highest BCUT2D eigenvalue weighted by atomic mass is 15.4. The van der Waals surface area contributed by atoms with Crippen molar-refractivity contribution in [3.8, 4) is 0 Å². The molecule has 0 spiro atoms. The van der Waals surface area contributed by atoms with Crippen LogP contribution < -0.4 is 16.3 Å². The predicted molar refractivity (Wildman–Crippen MR) is 41.4 cm³/mol. The van der Waals surface area contributed by atoms with Gasteiger partial charge in [0.1, 0.15) is 0 Å². The molecular weight excluding hydrogens is 128 g/mol. The number of rotatable bonds is 0. The van der Waals surface area contributed by atoms with Gasteiger partial charge in [0, 0.05) is 31.9 Å². The SMILES string of the molecule is C1=CNNC1.C1=NNCC1. The highest BCUT2D eigenvalue weighted by molar-refractivity contribution is 5.58. The summed E-state index contributed by atoms with van der Waals surface area (Å²) in [6.07, 6.45) is 6.86. The largest absolute Gasteiger partial charge is 0.329 e. The van der Waals surface area contributed by atoms with E-state index in [1.165, 1.54) is 0 Å². The van der Waals surface area contributed by atoms with E-state index < -0.39 is 0 Å². The van der Waals surface area contributed by atoms with Gasteiger partial charge in [-0.2, -0.15) is 5.10 Å². The van der Waals surface area contributed by atoms with Crippen LogP contribution in [0.5, 0.6) is 0 Å². The second-order valence-electron chi connectivity index (χ2n) is 1.94. The summed E-state index contributed by atoms with van der Waals surface area (Å²) >= 11 is 0. The Bertz CT molecular complexity index is 102. The summed E-state index contributed by atoms with van der Waals surface area (Å²) in [5, 5.41) is 3.71. The van der Waals surface area contributed by atoms with E-state index >= 15 is 0 Å². The fourth-order valence-electron chi connectivity index (χ4n) is 0.617. The van der Waals surface area contributed by atoms with Crippen LogP contribution >= 0.6 is 0 Å². The van der Waals surface area contributed by atoms with Crippen LogP contribution in [0.25, 0.3) is 0 Å². The van der Waals surface area contributed by atoms with Gasteiger partial charge < -0.3 is 10.9 Å². The van der Waals surface area contributed by atoms with Crippen LogP contribution in [-0.4, -0.2) is 19.3 Å². The van der Waals surface area contributed by atoms with Crippen LogP contribution in [0.4, 0.5) is 0 Å². The summed E-state index contributed by atoms with van der Waals surface area (Å²) in [4.78, 5) is 0. The maximum atomic E-state index is 3.71. The van der Waals surface area contributed by atoms with Crippen LogP contribution in [0.3, 0.4) is 0 Å². The van der Waals surface area contributed by atoms with Gasteiger partial charge in [-0.3, -0.25) is 0 Å². The lowest BCUT2D eigenvalue weighted by molar-refractivity contribution is 0.727. The fourth-order valence-corrected chi connectivity index (χ4v) is 0.617. The molecule has 3 N–H and O–H groups in total. The van der Waals surface area contributed by atoms with Gasteiger partial charge in [-0.25, -0.2) is 5.43 Å². The summed E-state index contributed by atoms with van der Waals surface area (Å²) in [7, 11) is 0. The summed E-state index contributed by atoms with van der Waals surface area (Å²) < 4.78 is 0. The fraction of sp³-hybridized carbons (Fsp3) is 0.500. The molecule has 56 valence electrons. The standard InChI is InChI=1S/2C3H6N2/c2*1-2-4-5-3-1/h2,5H,1,3H2;1-2,4-5H,3H2. The molecule has 0 fully saturated rings. The third-order valence-corrected chi connectivity index (χ3v) is 1.09. The first-order valence-electron chi connectivity index (χ1n) is 3.38. The Balaban J connectivity index is 0.0000001000. The first kappa shape index (κ1) is 7.08. The lowest BCUT2D eigenvalue weighted by atomic mass is 10.5. The molecule has 0 aromatic heterocycles. The van der Waals surface area contributed by atoms with Gasteiger partial charge in [0.05, 0.1) is 0 Å². The molecule has 4 heteroatoms. The Labute approximate surface area is 60.4 Å². The van der Waals surface area contributed by atoms with Crippen molar-refractivity contribution in [2.45, 2.75) is 6.42 Å². The van der Waals surface area contributed by atoms with Crippen molar-refractivity contribution in [2.24, 2.45) is 5.10 Å². The molecule has 2 heterocycles. The molecule has 2 aliphatic rings. The van der Waals surface area contributed by atoms with Crippen LogP contribution in [0.15, 0.2) is 17.4 Å². The number of nitrogens with one attached hydrogen (secondary N) is 3. The molecule has 0 radical (unpaired) electrons. The maximum absolute atomic E-state index is 3.71. The van der Waals surface area contributed by atoms with Crippen LogP contribution in [-0.2, 0) is 0 Å². The Morgan fingerprint density at radius 3 is 2.60 bits per heavy atom. The third kappa shape index (κ3) is 3.09. The van der Waals surface area contributed by atoms with E-state index in [2.05, 4.69) is 21.4 Å². The number of hydrazone groups is 1. The molecule has 10 heavy (non-hydrogen) atoms.